The molecule has 3 aromatic heterocycles. The molecule has 1 aliphatic carbocycles. The second-order valence-corrected chi connectivity index (χ2v) is 10.7. The van der Waals surface area contributed by atoms with Crippen molar-refractivity contribution in [2.45, 2.75) is 58.1 Å². The van der Waals surface area contributed by atoms with Gasteiger partial charge in [-0.1, -0.05) is 16.8 Å². The molecule has 0 spiro atoms. The summed E-state index contributed by atoms with van der Waals surface area (Å²) in [6.07, 6.45) is 5.24. The highest BCUT2D eigenvalue weighted by Crippen LogP contribution is 2.35. The van der Waals surface area contributed by atoms with Crippen LogP contribution in [0.5, 0.6) is 0 Å². The van der Waals surface area contributed by atoms with Gasteiger partial charge in [-0.15, -0.1) is 0 Å². The van der Waals surface area contributed by atoms with Gasteiger partial charge in [-0.05, 0) is 64.7 Å². The number of aromatic nitrogens is 4. The van der Waals surface area contributed by atoms with E-state index in [0.717, 1.165) is 37.1 Å². The summed E-state index contributed by atoms with van der Waals surface area (Å²) in [7, 11) is 5.49. The number of hydrogen-bond donors (Lipinski definition) is 0. The Hall–Kier alpha value is -3.38. The number of fused-ring (bicyclic) bond motifs is 1. The maximum absolute atomic E-state index is 13.0. The van der Waals surface area contributed by atoms with Gasteiger partial charge < -0.3 is 14.3 Å². The zero-order valence-electron chi connectivity index (χ0n) is 21.6. The first-order valence-corrected chi connectivity index (χ1v) is 12.5. The van der Waals surface area contributed by atoms with E-state index in [1.807, 2.05) is 50.5 Å². The second kappa shape index (κ2) is 9.94. The number of halogens is 1. The van der Waals surface area contributed by atoms with Gasteiger partial charge in [-0.25, -0.2) is 4.98 Å². The standard InChI is InChI=1S/C26H32ClN7O2/c1-26(2,3)36-31-22(20-13-14-29-34(20)6)16-7-9-17(10-8-16)32(4)24-18(15-28)25(35)33(5)19-11-12-21(27)30-23(19)24/h11-14,16-17H,7-10H2,1-6H3/b31-22-/t16-,17-. The van der Waals surface area contributed by atoms with Crippen molar-refractivity contribution in [1.29, 1.82) is 5.26 Å². The molecule has 190 valence electrons. The summed E-state index contributed by atoms with van der Waals surface area (Å²) in [5.74, 6) is 0.204. The van der Waals surface area contributed by atoms with Crippen LogP contribution in [0, 0.1) is 17.2 Å². The SMILES string of the molecule is Cn1nccc1/C(=N\OC(C)(C)C)[C@H]1CC[C@H](N(C)c2c(C#N)c(=O)n(C)c3ccc(Cl)nc23)CC1. The summed E-state index contributed by atoms with van der Waals surface area (Å²) in [6.45, 7) is 5.93. The van der Waals surface area contributed by atoms with Crippen molar-refractivity contribution >= 4 is 34.0 Å². The van der Waals surface area contributed by atoms with Crippen LogP contribution >= 0.6 is 11.6 Å². The van der Waals surface area contributed by atoms with Crippen molar-refractivity contribution in [2.24, 2.45) is 25.2 Å². The lowest BCUT2D eigenvalue weighted by atomic mass is 9.81. The number of nitrogens with zero attached hydrogens (tertiary/aromatic N) is 7. The Bertz CT molecular complexity index is 1400. The summed E-state index contributed by atoms with van der Waals surface area (Å²) in [6, 6.07) is 7.63. The average molecular weight is 510 g/mol. The van der Waals surface area contributed by atoms with Crippen molar-refractivity contribution in [3.05, 3.63) is 51.2 Å². The van der Waals surface area contributed by atoms with Gasteiger partial charge in [-0.2, -0.15) is 10.4 Å². The third-order valence-electron chi connectivity index (χ3n) is 6.78. The lowest BCUT2D eigenvalue weighted by Gasteiger charge is -2.37. The average Bonchev–Trinajstić information content (AvgIpc) is 3.26. The Morgan fingerprint density at radius 2 is 1.92 bits per heavy atom. The first-order valence-electron chi connectivity index (χ1n) is 12.1. The van der Waals surface area contributed by atoms with Gasteiger partial charge in [0.05, 0.1) is 16.9 Å². The lowest BCUT2D eigenvalue weighted by molar-refractivity contribution is -0.000113. The van der Waals surface area contributed by atoms with Crippen molar-refractivity contribution in [3.8, 4) is 6.07 Å². The minimum absolute atomic E-state index is 0.0834. The van der Waals surface area contributed by atoms with E-state index in [1.165, 1.54) is 4.57 Å². The summed E-state index contributed by atoms with van der Waals surface area (Å²) in [5.41, 5.74) is 2.93. The summed E-state index contributed by atoms with van der Waals surface area (Å²) < 4.78 is 3.28. The highest BCUT2D eigenvalue weighted by Gasteiger charge is 2.32. The molecule has 4 rings (SSSR count). The Kier molecular flexibility index (Phi) is 7.10. The first kappa shape index (κ1) is 25.7. The van der Waals surface area contributed by atoms with Crippen LogP contribution < -0.4 is 10.5 Å². The highest BCUT2D eigenvalue weighted by atomic mass is 35.5. The van der Waals surface area contributed by atoms with E-state index < -0.39 is 5.60 Å². The van der Waals surface area contributed by atoms with Crippen LogP contribution in [0.3, 0.4) is 0 Å². The summed E-state index contributed by atoms with van der Waals surface area (Å²) in [5, 5.41) is 19.1. The molecule has 0 unspecified atom stereocenters. The van der Waals surface area contributed by atoms with Crippen molar-refractivity contribution < 1.29 is 4.84 Å². The minimum atomic E-state index is -0.399. The fourth-order valence-electron chi connectivity index (χ4n) is 4.87. The molecule has 36 heavy (non-hydrogen) atoms. The molecule has 0 atom stereocenters. The molecule has 0 saturated heterocycles. The topological polar surface area (TPSA) is 101 Å². The van der Waals surface area contributed by atoms with E-state index in [1.54, 1.807) is 25.4 Å². The Labute approximate surface area is 215 Å². The molecular formula is C26H32ClN7O2. The molecule has 0 amide bonds. The quantitative estimate of drug-likeness (QED) is 0.287. The zero-order chi connectivity index (χ0) is 26.2. The van der Waals surface area contributed by atoms with Crippen molar-refractivity contribution in [3.63, 3.8) is 0 Å². The molecule has 0 N–H and O–H groups in total. The summed E-state index contributed by atoms with van der Waals surface area (Å²) in [4.78, 5) is 25.3. The number of aryl methyl sites for hydroxylation is 2. The van der Waals surface area contributed by atoms with E-state index in [2.05, 4.69) is 21.3 Å². The van der Waals surface area contributed by atoms with Crippen LogP contribution in [-0.2, 0) is 18.9 Å². The Morgan fingerprint density at radius 3 is 2.50 bits per heavy atom. The van der Waals surface area contributed by atoms with Gasteiger partial charge in [0.25, 0.3) is 5.56 Å². The third-order valence-corrected chi connectivity index (χ3v) is 6.99. The van der Waals surface area contributed by atoms with E-state index in [0.29, 0.717) is 21.9 Å². The van der Waals surface area contributed by atoms with Crippen LogP contribution in [0.15, 0.2) is 34.3 Å². The predicted octanol–water partition coefficient (Wildman–Crippen LogP) is 4.41. The smallest absolute Gasteiger partial charge is 0.270 e. The number of hydrogen-bond acceptors (Lipinski definition) is 7. The molecule has 1 saturated carbocycles. The van der Waals surface area contributed by atoms with Crippen LogP contribution in [0.2, 0.25) is 5.15 Å². The molecule has 0 bridgehead atoms. The summed E-state index contributed by atoms with van der Waals surface area (Å²) >= 11 is 6.21. The molecule has 0 radical (unpaired) electrons. The largest absolute Gasteiger partial charge is 0.390 e. The monoisotopic (exact) mass is 509 g/mol. The minimum Gasteiger partial charge on any atom is -0.390 e. The number of oxime groups is 1. The number of anilines is 1. The third kappa shape index (κ3) is 4.96. The highest BCUT2D eigenvalue weighted by molar-refractivity contribution is 6.29. The predicted molar refractivity (Wildman–Crippen MR) is 141 cm³/mol. The molecular weight excluding hydrogens is 478 g/mol. The van der Waals surface area contributed by atoms with E-state index >= 15 is 0 Å². The molecule has 3 aromatic rings. The van der Waals surface area contributed by atoms with Gasteiger partial charge in [0.15, 0.2) is 0 Å². The van der Waals surface area contributed by atoms with Gasteiger partial charge in [0, 0.05) is 39.3 Å². The van der Waals surface area contributed by atoms with Crippen LogP contribution in [0.4, 0.5) is 5.69 Å². The molecule has 3 heterocycles. The fraction of sp³-hybridized carbons (Fsp3) is 0.500. The van der Waals surface area contributed by atoms with E-state index in [9.17, 15) is 10.1 Å². The van der Waals surface area contributed by atoms with Crippen molar-refractivity contribution in [2.75, 3.05) is 11.9 Å². The van der Waals surface area contributed by atoms with Gasteiger partial charge >= 0.3 is 0 Å². The second-order valence-electron chi connectivity index (χ2n) is 10.3. The lowest BCUT2D eigenvalue weighted by Crippen LogP contribution is -2.39. The van der Waals surface area contributed by atoms with Crippen LogP contribution in [0.25, 0.3) is 11.0 Å². The molecule has 1 fully saturated rings. The fourth-order valence-corrected chi connectivity index (χ4v) is 5.02. The van der Waals surface area contributed by atoms with E-state index in [4.69, 9.17) is 16.4 Å². The number of rotatable bonds is 5. The van der Waals surface area contributed by atoms with E-state index in [-0.39, 0.29) is 23.1 Å². The first-order chi connectivity index (χ1) is 17.0. The molecule has 0 aliphatic heterocycles. The van der Waals surface area contributed by atoms with Crippen LogP contribution in [0.1, 0.15) is 57.7 Å². The van der Waals surface area contributed by atoms with Gasteiger partial charge in [0.1, 0.15) is 33.6 Å². The maximum atomic E-state index is 13.0. The number of pyridine rings is 2. The van der Waals surface area contributed by atoms with Gasteiger partial charge in [-0.3, -0.25) is 9.48 Å². The molecule has 10 heteroatoms. The molecule has 0 aromatic carbocycles. The molecule has 9 nitrogen and oxygen atoms in total. The number of nitriles is 1. The molecule has 1 aliphatic rings. The Balaban J connectivity index is 1.64. The van der Waals surface area contributed by atoms with Crippen LogP contribution in [-0.4, -0.2) is 43.7 Å². The van der Waals surface area contributed by atoms with Gasteiger partial charge in [0.2, 0.25) is 0 Å². The zero-order valence-corrected chi connectivity index (χ0v) is 22.4. The Morgan fingerprint density at radius 1 is 1.22 bits per heavy atom. The maximum Gasteiger partial charge on any atom is 0.270 e. The van der Waals surface area contributed by atoms with Crippen molar-refractivity contribution in [1.82, 2.24) is 19.3 Å². The normalized spacial score (nSPS) is 18.8.